The number of amides is 1. The minimum absolute atomic E-state index is 0.116. The molecule has 0 aliphatic heterocycles. The maximum absolute atomic E-state index is 11.9. The van der Waals surface area contributed by atoms with Crippen molar-refractivity contribution >= 4 is 5.91 Å². The van der Waals surface area contributed by atoms with Gasteiger partial charge in [-0.25, -0.2) is 0 Å². The molecule has 1 N–H and O–H groups in total. The molecule has 1 heterocycles. The van der Waals surface area contributed by atoms with Gasteiger partial charge in [0.2, 0.25) is 5.91 Å². The average Bonchev–Trinajstić information content (AvgIpc) is 2.97. The van der Waals surface area contributed by atoms with Gasteiger partial charge in [0.1, 0.15) is 0 Å². The zero-order valence-electron chi connectivity index (χ0n) is 12.9. The molecular weight excluding hydrogens is 274 g/mol. The van der Waals surface area contributed by atoms with Crippen LogP contribution in [-0.4, -0.2) is 22.2 Å². The van der Waals surface area contributed by atoms with E-state index in [4.69, 9.17) is 0 Å². The standard InChI is InChI=1S/C18H23N3O/c22-18(11-10-15-6-2-1-3-7-15)19-12-13-21-17-9-5-4-8-16(17)14-20-21/h1-3,6-7,14H,4-5,8-13H2,(H,19,22). The lowest BCUT2D eigenvalue weighted by Crippen LogP contribution is -2.28. The number of hydrogen-bond donors (Lipinski definition) is 1. The number of aromatic nitrogens is 2. The van der Waals surface area contributed by atoms with E-state index in [1.54, 1.807) is 0 Å². The van der Waals surface area contributed by atoms with Crippen molar-refractivity contribution in [3.05, 3.63) is 53.3 Å². The van der Waals surface area contributed by atoms with E-state index in [1.165, 1.54) is 29.7 Å². The molecule has 0 radical (unpaired) electrons. The maximum atomic E-state index is 11.9. The number of aryl methyl sites for hydroxylation is 2. The van der Waals surface area contributed by atoms with Gasteiger partial charge in [-0.05, 0) is 43.2 Å². The third kappa shape index (κ3) is 3.75. The lowest BCUT2D eigenvalue weighted by molar-refractivity contribution is -0.121. The SMILES string of the molecule is O=C(CCc1ccccc1)NCCn1ncc2c1CCCC2. The van der Waals surface area contributed by atoms with E-state index >= 15 is 0 Å². The molecule has 0 bridgehead atoms. The second-order valence-corrected chi connectivity index (χ2v) is 5.88. The Kier molecular flexibility index (Phi) is 4.88. The Morgan fingerprint density at radius 1 is 1.18 bits per heavy atom. The number of rotatable bonds is 6. The molecule has 1 aromatic heterocycles. The summed E-state index contributed by atoms with van der Waals surface area (Å²) < 4.78 is 2.06. The van der Waals surface area contributed by atoms with Crippen LogP contribution in [0.4, 0.5) is 0 Å². The van der Waals surface area contributed by atoms with Crippen molar-refractivity contribution in [2.45, 2.75) is 45.1 Å². The fourth-order valence-corrected chi connectivity index (χ4v) is 3.04. The van der Waals surface area contributed by atoms with Gasteiger partial charge in [-0.1, -0.05) is 30.3 Å². The molecule has 1 aliphatic carbocycles. The Labute approximate surface area is 131 Å². The molecular formula is C18H23N3O. The summed E-state index contributed by atoms with van der Waals surface area (Å²) in [5.74, 6) is 0.116. The Bertz CT molecular complexity index is 619. The smallest absolute Gasteiger partial charge is 0.220 e. The van der Waals surface area contributed by atoms with Crippen LogP contribution in [0.25, 0.3) is 0 Å². The molecule has 0 saturated heterocycles. The topological polar surface area (TPSA) is 46.9 Å². The molecule has 4 heteroatoms. The van der Waals surface area contributed by atoms with E-state index in [0.717, 1.165) is 25.8 Å². The zero-order valence-corrected chi connectivity index (χ0v) is 12.9. The summed E-state index contributed by atoms with van der Waals surface area (Å²) >= 11 is 0. The minimum Gasteiger partial charge on any atom is -0.354 e. The van der Waals surface area contributed by atoms with E-state index in [1.807, 2.05) is 24.4 Å². The molecule has 0 fully saturated rings. The molecule has 3 rings (SSSR count). The molecule has 2 aromatic rings. The van der Waals surface area contributed by atoms with Gasteiger partial charge in [0.15, 0.2) is 0 Å². The third-order valence-corrected chi connectivity index (χ3v) is 4.27. The van der Waals surface area contributed by atoms with Crippen molar-refractivity contribution < 1.29 is 4.79 Å². The summed E-state index contributed by atoms with van der Waals surface area (Å²) in [7, 11) is 0. The van der Waals surface area contributed by atoms with Crippen LogP contribution in [0, 0.1) is 0 Å². The highest BCUT2D eigenvalue weighted by Crippen LogP contribution is 2.20. The maximum Gasteiger partial charge on any atom is 0.220 e. The first kappa shape index (κ1) is 14.8. The lowest BCUT2D eigenvalue weighted by atomic mass is 9.98. The Hall–Kier alpha value is -2.10. The lowest BCUT2D eigenvalue weighted by Gasteiger charge is -2.14. The molecule has 1 aliphatic rings. The van der Waals surface area contributed by atoms with Crippen LogP contribution in [0.15, 0.2) is 36.5 Å². The van der Waals surface area contributed by atoms with Crippen molar-refractivity contribution in [1.29, 1.82) is 0 Å². The first-order valence-electron chi connectivity index (χ1n) is 8.17. The van der Waals surface area contributed by atoms with E-state index < -0.39 is 0 Å². The van der Waals surface area contributed by atoms with Crippen molar-refractivity contribution in [2.24, 2.45) is 0 Å². The third-order valence-electron chi connectivity index (χ3n) is 4.27. The van der Waals surface area contributed by atoms with Gasteiger partial charge in [0.05, 0.1) is 12.7 Å². The molecule has 0 saturated carbocycles. The van der Waals surface area contributed by atoms with Crippen molar-refractivity contribution in [3.8, 4) is 0 Å². The average molecular weight is 297 g/mol. The van der Waals surface area contributed by atoms with Crippen LogP contribution in [-0.2, 0) is 30.6 Å². The highest BCUT2D eigenvalue weighted by atomic mass is 16.1. The Morgan fingerprint density at radius 3 is 2.86 bits per heavy atom. The second-order valence-electron chi connectivity index (χ2n) is 5.88. The fraction of sp³-hybridized carbons (Fsp3) is 0.444. The van der Waals surface area contributed by atoms with Crippen LogP contribution in [0.5, 0.6) is 0 Å². The molecule has 0 unspecified atom stereocenters. The number of benzene rings is 1. The fourth-order valence-electron chi connectivity index (χ4n) is 3.04. The molecule has 22 heavy (non-hydrogen) atoms. The van der Waals surface area contributed by atoms with Crippen molar-refractivity contribution in [2.75, 3.05) is 6.54 Å². The van der Waals surface area contributed by atoms with Crippen LogP contribution in [0.2, 0.25) is 0 Å². The highest BCUT2D eigenvalue weighted by molar-refractivity contribution is 5.76. The number of nitrogens with zero attached hydrogens (tertiary/aromatic N) is 2. The normalized spacial score (nSPS) is 13.6. The zero-order chi connectivity index (χ0) is 15.2. The van der Waals surface area contributed by atoms with Crippen LogP contribution < -0.4 is 5.32 Å². The number of carbonyl (C=O) groups is 1. The first-order valence-corrected chi connectivity index (χ1v) is 8.17. The summed E-state index contributed by atoms with van der Waals surface area (Å²) in [6.07, 6.45) is 8.13. The van der Waals surface area contributed by atoms with Crippen LogP contribution in [0.1, 0.15) is 36.1 Å². The van der Waals surface area contributed by atoms with Gasteiger partial charge >= 0.3 is 0 Å². The summed E-state index contributed by atoms with van der Waals surface area (Å²) in [6, 6.07) is 10.1. The predicted octanol–water partition coefficient (Wildman–Crippen LogP) is 2.51. The summed E-state index contributed by atoms with van der Waals surface area (Å²) in [5.41, 5.74) is 3.96. The predicted molar refractivity (Wildman–Crippen MR) is 86.6 cm³/mol. The summed E-state index contributed by atoms with van der Waals surface area (Å²) in [6.45, 7) is 1.42. The van der Waals surface area contributed by atoms with E-state index in [9.17, 15) is 4.79 Å². The van der Waals surface area contributed by atoms with Gasteiger partial charge in [-0.15, -0.1) is 0 Å². The van der Waals surface area contributed by atoms with E-state index in [2.05, 4.69) is 27.2 Å². The van der Waals surface area contributed by atoms with Gasteiger partial charge in [0.25, 0.3) is 0 Å². The molecule has 0 spiro atoms. The van der Waals surface area contributed by atoms with Crippen LogP contribution >= 0.6 is 0 Å². The molecule has 0 atom stereocenters. The highest BCUT2D eigenvalue weighted by Gasteiger charge is 2.14. The van der Waals surface area contributed by atoms with E-state index in [-0.39, 0.29) is 5.91 Å². The van der Waals surface area contributed by atoms with Crippen molar-refractivity contribution in [1.82, 2.24) is 15.1 Å². The van der Waals surface area contributed by atoms with Crippen molar-refractivity contribution in [3.63, 3.8) is 0 Å². The molecule has 116 valence electrons. The van der Waals surface area contributed by atoms with E-state index in [0.29, 0.717) is 13.0 Å². The number of carbonyl (C=O) groups excluding carboxylic acids is 1. The minimum atomic E-state index is 0.116. The Morgan fingerprint density at radius 2 is 2.00 bits per heavy atom. The van der Waals surface area contributed by atoms with Gasteiger partial charge in [-0.3, -0.25) is 9.48 Å². The molecule has 4 nitrogen and oxygen atoms in total. The molecule has 1 aromatic carbocycles. The van der Waals surface area contributed by atoms with Gasteiger partial charge in [0, 0.05) is 18.7 Å². The largest absolute Gasteiger partial charge is 0.354 e. The molecule has 1 amide bonds. The van der Waals surface area contributed by atoms with Gasteiger partial charge in [-0.2, -0.15) is 5.10 Å². The second kappa shape index (κ2) is 7.25. The number of fused-ring (bicyclic) bond motifs is 1. The Balaban J connectivity index is 1.41. The van der Waals surface area contributed by atoms with Crippen LogP contribution in [0.3, 0.4) is 0 Å². The van der Waals surface area contributed by atoms with Gasteiger partial charge < -0.3 is 5.32 Å². The summed E-state index contributed by atoms with van der Waals surface area (Å²) in [5, 5.41) is 7.45. The first-order chi connectivity index (χ1) is 10.8. The number of hydrogen-bond acceptors (Lipinski definition) is 2. The number of nitrogens with one attached hydrogen (secondary N) is 1. The quantitative estimate of drug-likeness (QED) is 0.890. The monoisotopic (exact) mass is 297 g/mol. The summed E-state index contributed by atoms with van der Waals surface area (Å²) in [4.78, 5) is 11.9.